The van der Waals surface area contributed by atoms with Crippen LogP contribution >= 0.6 is 0 Å². The Morgan fingerprint density at radius 2 is 0.481 bits per heavy atom. The summed E-state index contributed by atoms with van der Waals surface area (Å²) in [6, 6.07) is 0. The molecule has 460 valence electrons. The third-order valence-corrected chi connectivity index (χ3v) is 14.1. The van der Waals surface area contributed by atoms with E-state index in [1.807, 2.05) is 0 Å². The van der Waals surface area contributed by atoms with E-state index in [0.717, 1.165) is 128 Å². The van der Waals surface area contributed by atoms with E-state index in [0.29, 0.717) is 19.3 Å². The Morgan fingerprint density at radius 3 is 0.778 bits per heavy atom. The quantitative estimate of drug-likeness (QED) is 0.0261. The molecule has 0 radical (unpaired) electrons. The Balaban J connectivity index is 4.40. The molecule has 0 aliphatic heterocycles. The monoisotopic (exact) mass is 1120 g/mol. The molecule has 0 spiro atoms. The van der Waals surface area contributed by atoms with E-state index in [4.69, 9.17) is 14.2 Å². The van der Waals surface area contributed by atoms with Gasteiger partial charge in [-0.05, 0) is 135 Å². The number of carbonyl (C=O) groups excluding carboxylic acids is 3. The predicted octanol–water partition coefficient (Wildman–Crippen LogP) is 23.3. The lowest BCUT2D eigenvalue weighted by Gasteiger charge is -2.18. The minimum Gasteiger partial charge on any atom is -0.462 e. The van der Waals surface area contributed by atoms with E-state index < -0.39 is 6.10 Å². The van der Waals surface area contributed by atoms with Crippen molar-refractivity contribution in [2.75, 3.05) is 13.2 Å². The largest absolute Gasteiger partial charge is 0.462 e. The zero-order chi connectivity index (χ0) is 58.5. The number of rotatable bonds is 60. The topological polar surface area (TPSA) is 78.9 Å². The third-order valence-electron chi connectivity index (χ3n) is 14.1. The average Bonchev–Trinajstić information content (AvgIpc) is 3.47. The number of carbonyl (C=O) groups is 3. The fraction of sp³-hybridized carbons (Fsp3) is 0.667. The van der Waals surface area contributed by atoms with Gasteiger partial charge in [0.05, 0.1) is 0 Å². The van der Waals surface area contributed by atoms with Gasteiger partial charge in [-0.1, -0.05) is 283 Å². The van der Waals surface area contributed by atoms with Crippen molar-refractivity contribution in [1.82, 2.24) is 0 Å². The second-order valence-electron chi connectivity index (χ2n) is 22.0. The highest BCUT2D eigenvalue weighted by Gasteiger charge is 2.19. The van der Waals surface area contributed by atoms with Crippen LogP contribution in [0.4, 0.5) is 0 Å². The van der Waals surface area contributed by atoms with Crippen LogP contribution in [0.3, 0.4) is 0 Å². The Hall–Kier alpha value is -4.45. The van der Waals surface area contributed by atoms with E-state index in [1.54, 1.807) is 0 Å². The fourth-order valence-corrected chi connectivity index (χ4v) is 9.14. The number of hydrogen-bond donors (Lipinski definition) is 0. The van der Waals surface area contributed by atoms with Crippen molar-refractivity contribution in [2.45, 2.75) is 309 Å². The number of hydrogen-bond acceptors (Lipinski definition) is 6. The highest BCUT2D eigenvalue weighted by molar-refractivity contribution is 5.71. The number of unbranched alkanes of at least 4 members (excludes halogenated alkanes) is 27. The number of esters is 3. The molecule has 0 bridgehead atoms. The molecule has 0 fully saturated rings. The highest BCUT2D eigenvalue weighted by Crippen LogP contribution is 2.16. The molecule has 0 N–H and O–H groups in total. The normalized spacial score (nSPS) is 13.0. The van der Waals surface area contributed by atoms with E-state index in [2.05, 4.69) is 154 Å². The molecule has 1 atom stereocenters. The molecular formula is C75H124O6. The fourth-order valence-electron chi connectivity index (χ4n) is 9.14. The van der Waals surface area contributed by atoms with Gasteiger partial charge in [-0.15, -0.1) is 0 Å². The zero-order valence-electron chi connectivity index (χ0n) is 52.8. The molecule has 81 heavy (non-hydrogen) atoms. The first-order valence-electron chi connectivity index (χ1n) is 33.7. The number of ether oxygens (including phenoxy) is 3. The lowest BCUT2D eigenvalue weighted by Crippen LogP contribution is -2.30. The van der Waals surface area contributed by atoms with Gasteiger partial charge in [0.2, 0.25) is 0 Å². The van der Waals surface area contributed by atoms with Crippen molar-refractivity contribution in [3.8, 4) is 0 Å². The molecule has 6 heteroatoms. The molecular weight excluding hydrogens is 997 g/mol. The Morgan fingerprint density at radius 1 is 0.259 bits per heavy atom. The van der Waals surface area contributed by atoms with Crippen molar-refractivity contribution >= 4 is 17.9 Å². The molecule has 6 nitrogen and oxygen atoms in total. The van der Waals surface area contributed by atoms with Gasteiger partial charge in [0.1, 0.15) is 13.2 Å². The zero-order valence-corrected chi connectivity index (χ0v) is 52.8. The molecule has 0 heterocycles. The van der Waals surface area contributed by atoms with Crippen LogP contribution in [0, 0.1) is 0 Å². The molecule has 0 rings (SSSR count). The van der Waals surface area contributed by atoms with Gasteiger partial charge in [-0.25, -0.2) is 0 Å². The lowest BCUT2D eigenvalue weighted by molar-refractivity contribution is -0.167. The molecule has 0 aliphatic carbocycles. The summed E-state index contributed by atoms with van der Waals surface area (Å²) in [7, 11) is 0. The van der Waals surface area contributed by atoms with Crippen molar-refractivity contribution in [1.29, 1.82) is 0 Å². The van der Waals surface area contributed by atoms with Crippen LogP contribution in [-0.4, -0.2) is 37.2 Å². The van der Waals surface area contributed by atoms with Crippen molar-refractivity contribution in [3.05, 3.63) is 134 Å². The smallest absolute Gasteiger partial charge is 0.306 e. The summed E-state index contributed by atoms with van der Waals surface area (Å²) in [5.41, 5.74) is 0. The second-order valence-corrected chi connectivity index (χ2v) is 22.0. The summed E-state index contributed by atoms with van der Waals surface area (Å²) in [4.78, 5) is 38.4. The predicted molar refractivity (Wildman–Crippen MR) is 353 cm³/mol. The van der Waals surface area contributed by atoms with Gasteiger partial charge in [-0.3, -0.25) is 14.4 Å². The van der Waals surface area contributed by atoms with Gasteiger partial charge < -0.3 is 14.2 Å². The summed E-state index contributed by atoms with van der Waals surface area (Å²) < 4.78 is 16.9. The summed E-state index contributed by atoms with van der Waals surface area (Å²) in [6.07, 6.45) is 96.1. The first-order chi connectivity index (χ1) is 40.0. The molecule has 0 amide bonds. The molecule has 0 aromatic rings. The van der Waals surface area contributed by atoms with Gasteiger partial charge in [0, 0.05) is 19.3 Å². The van der Waals surface area contributed by atoms with Gasteiger partial charge in [0.15, 0.2) is 6.10 Å². The summed E-state index contributed by atoms with van der Waals surface area (Å²) >= 11 is 0. The minimum absolute atomic E-state index is 0.0982. The van der Waals surface area contributed by atoms with Gasteiger partial charge >= 0.3 is 17.9 Å². The van der Waals surface area contributed by atoms with Crippen molar-refractivity contribution in [2.24, 2.45) is 0 Å². The summed E-state index contributed by atoms with van der Waals surface area (Å²) in [5, 5.41) is 0. The molecule has 0 aromatic carbocycles. The molecule has 0 aliphatic rings. The first kappa shape index (κ1) is 76.5. The maximum atomic E-state index is 12.9. The van der Waals surface area contributed by atoms with E-state index in [9.17, 15) is 14.4 Å². The molecule has 1 unspecified atom stereocenters. The summed E-state index contributed by atoms with van der Waals surface area (Å²) in [5.74, 6) is -0.943. The average molecular weight is 1120 g/mol. The van der Waals surface area contributed by atoms with Crippen molar-refractivity contribution in [3.63, 3.8) is 0 Å². The van der Waals surface area contributed by atoms with Crippen LogP contribution in [0.15, 0.2) is 134 Å². The highest BCUT2D eigenvalue weighted by atomic mass is 16.6. The van der Waals surface area contributed by atoms with Crippen LogP contribution in [0.2, 0.25) is 0 Å². The van der Waals surface area contributed by atoms with E-state index in [-0.39, 0.29) is 31.1 Å². The van der Waals surface area contributed by atoms with E-state index >= 15 is 0 Å². The van der Waals surface area contributed by atoms with Crippen LogP contribution in [0.5, 0.6) is 0 Å². The van der Waals surface area contributed by atoms with Crippen LogP contribution < -0.4 is 0 Å². The second kappa shape index (κ2) is 68.1. The van der Waals surface area contributed by atoms with E-state index in [1.165, 1.54) is 135 Å². The van der Waals surface area contributed by atoms with Crippen LogP contribution in [0.1, 0.15) is 303 Å². The Kier molecular flexibility index (Phi) is 64.3. The molecule has 0 saturated heterocycles. The molecule has 0 aromatic heterocycles. The number of allylic oxidation sites excluding steroid dienone is 22. The molecule has 0 saturated carbocycles. The standard InChI is InChI=1S/C75H124O6/c1-4-7-10-13-16-19-22-25-28-30-32-34-36-37-39-40-42-44-47-50-53-56-59-62-65-68-74(77)80-71-72(70-79-73(76)67-64-61-58-55-52-49-46-27-24-21-18-15-12-9-6-3)81-75(78)69-66-63-60-57-54-51-48-45-43-41-38-35-33-31-29-26-23-20-17-14-11-8-5-2/h7,9-10,12,16,18-19,21,23,25-28,31-34,37,39,46,52,55,72H,4-6,8,11,13-15,17,20,22,24,29-30,35-36,38,40-45,47-51,53-54,56-71H2,1-3H3/b10-7-,12-9-,19-16-,21-18-,26-23-,28-25-,33-31-,34-32-,39-37-,46-27-,55-52-. The first-order valence-corrected chi connectivity index (χ1v) is 33.7. The SMILES string of the molecule is CC/C=C\C/C=C\C/C=C\C/C=C\C/C=C\CCCCCCCCCCCC(=O)OCC(COC(=O)CCCC/C=C\C/C=C\C/C=C\C/C=C\CC)OC(=O)CCCCCCCCCCCCC/C=C\C/C=C\CCCCCCC. The Bertz CT molecular complexity index is 1720. The minimum atomic E-state index is -0.805. The lowest BCUT2D eigenvalue weighted by atomic mass is 10.0. The van der Waals surface area contributed by atoms with Crippen LogP contribution in [0.25, 0.3) is 0 Å². The van der Waals surface area contributed by atoms with Crippen molar-refractivity contribution < 1.29 is 28.6 Å². The van der Waals surface area contributed by atoms with Gasteiger partial charge in [0.25, 0.3) is 0 Å². The Labute approximate surface area is 500 Å². The maximum Gasteiger partial charge on any atom is 0.306 e. The maximum absolute atomic E-state index is 12.9. The third kappa shape index (κ3) is 66.2. The summed E-state index contributed by atoms with van der Waals surface area (Å²) in [6.45, 7) is 6.38. The van der Waals surface area contributed by atoms with Crippen LogP contribution in [-0.2, 0) is 28.6 Å². The van der Waals surface area contributed by atoms with Gasteiger partial charge in [-0.2, -0.15) is 0 Å².